The van der Waals surface area contributed by atoms with Gasteiger partial charge in [0, 0.05) is 23.2 Å². The maximum atomic E-state index is 12.5. The van der Waals surface area contributed by atoms with Gasteiger partial charge in [-0.05, 0) is 25.8 Å². The van der Waals surface area contributed by atoms with Crippen molar-refractivity contribution in [3.8, 4) is 0 Å². The van der Waals surface area contributed by atoms with Gasteiger partial charge in [0.05, 0.1) is 10.5 Å². The van der Waals surface area contributed by atoms with Gasteiger partial charge in [-0.3, -0.25) is 14.9 Å². The zero-order chi connectivity index (χ0) is 18.7. The molecular weight excluding hydrogens is 336 g/mol. The summed E-state index contributed by atoms with van der Waals surface area (Å²) >= 11 is 0. The second kappa shape index (κ2) is 7.35. The predicted octanol–water partition coefficient (Wildman–Crippen LogP) is 3.08. The van der Waals surface area contributed by atoms with Gasteiger partial charge >= 0.3 is 5.97 Å². The molecule has 7 heteroatoms. The van der Waals surface area contributed by atoms with Gasteiger partial charge < -0.3 is 10.1 Å². The van der Waals surface area contributed by atoms with Gasteiger partial charge in [0.15, 0.2) is 0 Å². The molecule has 3 rings (SSSR count). The number of hydrogen-bond donors (Lipinski definition) is 1. The molecule has 1 aliphatic carbocycles. The van der Waals surface area contributed by atoms with Crippen LogP contribution in [0.15, 0.2) is 48.5 Å². The van der Waals surface area contributed by atoms with Crippen molar-refractivity contribution >= 4 is 17.6 Å². The summed E-state index contributed by atoms with van der Waals surface area (Å²) in [5.41, 5.74) is 0.846. The lowest BCUT2D eigenvalue weighted by atomic mass is 10.1. The summed E-state index contributed by atoms with van der Waals surface area (Å²) in [6.45, 7) is 1.59. The maximum Gasteiger partial charge on any atom is 0.339 e. The number of nitrogens with zero attached hydrogens (tertiary/aromatic N) is 1. The van der Waals surface area contributed by atoms with E-state index in [4.69, 9.17) is 4.74 Å². The Bertz CT molecular complexity index is 846. The minimum absolute atomic E-state index is 0.0300. The average Bonchev–Trinajstić information content (AvgIpc) is 3.44. The first-order valence-electron chi connectivity index (χ1n) is 8.27. The molecule has 2 aromatic carbocycles. The summed E-state index contributed by atoms with van der Waals surface area (Å²) in [4.78, 5) is 35.5. The zero-order valence-electron chi connectivity index (χ0n) is 14.2. The van der Waals surface area contributed by atoms with Crippen molar-refractivity contribution in [2.45, 2.75) is 31.9 Å². The molecule has 1 saturated carbocycles. The van der Waals surface area contributed by atoms with Crippen LogP contribution in [-0.4, -0.2) is 22.8 Å². The van der Waals surface area contributed by atoms with E-state index < -0.39 is 22.9 Å². The quantitative estimate of drug-likeness (QED) is 0.488. The van der Waals surface area contributed by atoms with E-state index in [1.165, 1.54) is 18.2 Å². The number of amides is 1. The van der Waals surface area contributed by atoms with Crippen molar-refractivity contribution in [1.29, 1.82) is 0 Å². The molecule has 1 amide bonds. The molecule has 0 saturated heterocycles. The van der Waals surface area contributed by atoms with Crippen molar-refractivity contribution in [3.05, 3.63) is 75.3 Å². The highest BCUT2D eigenvalue weighted by Crippen LogP contribution is 2.25. The van der Waals surface area contributed by atoms with Crippen molar-refractivity contribution in [2.75, 3.05) is 0 Å². The molecule has 1 unspecified atom stereocenters. The Morgan fingerprint density at radius 1 is 1.19 bits per heavy atom. The number of benzene rings is 2. The average molecular weight is 354 g/mol. The summed E-state index contributed by atoms with van der Waals surface area (Å²) in [6.07, 6.45) is 0.709. The molecule has 2 aromatic rings. The van der Waals surface area contributed by atoms with Crippen LogP contribution in [0.2, 0.25) is 0 Å². The van der Waals surface area contributed by atoms with E-state index in [1.54, 1.807) is 37.3 Å². The number of aryl methyl sites for hydroxylation is 1. The lowest BCUT2D eigenvalue weighted by Crippen LogP contribution is -2.33. The van der Waals surface area contributed by atoms with Gasteiger partial charge in [-0.15, -0.1) is 0 Å². The molecular formula is C19H18N2O5. The van der Waals surface area contributed by atoms with E-state index in [0.717, 1.165) is 12.8 Å². The lowest BCUT2D eigenvalue weighted by molar-refractivity contribution is -0.385. The van der Waals surface area contributed by atoms with Gasteiger partial charge in [0.1, 0.15) is 0 Å². The number of hydrogen-bond acceptors (Lipinski definition) is 5. The monoisotopic (exact) mass is 354 g/mol. The molecule has 1 fully saturated rings. The van der Waals surface area contributed by atoms with Crippen molar-refractivity contribution in [3.63, 3.8) is 0 Å². The summed E-state index contributed by atoms with van der Waals surface area (Å²) < 4.78 is 5.41. The van der Waals surface area contributed by atoms with Crippen LogP contribution in [0.4, 0.5) is 5.69 Å². The van der Waals surface area contributed by atoms with E-state index in [0.29, 0.717) is 11.1 Å². The van der Waals surface area contributed by atoms with Crippen molar-refractivity contribution < 1.29 is 19.2 Å². The van der Waals surface area contributed by atoms with Crippen LogP contribution in [0.25, 0.3) is 0 Å². The Morgan fingerprint density at radius 2 is 1.88 bits per heavy atom. The van der Waals surface area contributed by atoms with Crippen molar-refractivity contribution in [2.24, 2.45) is 0 Å². The Kier molecular flexibility index (Phi) is 4.97. The molecule has 26 heavy (non-hydrogen) atoms. The third kappa shape index (κ3) is 4.05. The van der Waals surface area contributed by atoms with Gasteiger partial charge in [0.2, 0.25) is 6.10 Å². The van der Waals surface area contributed by atoms with Crippen LogP contribution in [-0.2, 0) is 9.53 Å². The summed E-state index contributed by atoms with van der Waals surface area (Å²) in [5.74, 6) is -1.18. The largest absolute Gasteiger partial charge is 0.444 e. The minimum atomic E-state index is -1.11. The first-order chi connectivity index (χ1) is 12.5. The summed E-state index contributed by atoms with van der Waals surface area (Å²) in [7, 11) is 0. The van der Waals surface area contributed by atoms with Crippen LogP contribution < -0.4 is 5.32 Å². The standard InChI is InChI=1S/C19H18N2O5/c1-12-7-8-14(11-16(12)21(24)25)19(23)26-17(13-5-3-2-4-6-13)18(22)20-15-9-10-15/h2-8,11,15,17H,9-10H2,1H3,(H,20,22). The van der Waals surface area contributed by atoms with Gasteiger partial charge in [-0.1, -0.05) is 36.4 Å². The van der Waals surface area contributed by atoms with Gasteiger partial charge in [-0.2, -0.15) is 0 Å². The number of esters is 1. The van der Waals surface area contributed by atoms with Crippen LogP contribution in [0, 0.1) is 17.0 Å². The highest BCUT2D eigenvalue weighted by molar-refractivity contribution is 5.93. The smallest absolute Gasteiger partial charge is 0.339 e. The molecule has 0 aromatic heterocycles. The highest BCUT2D eigenvalue weighted by atomic mass is 16.6. The molecule has 0 spiro atoms. The first-order valence-corrected chi connectivity index (χ1v) is 8.27. The number of ether oxygens (including phenoxy) is 1. The topological polar surface area (TPSA) is 98.5 Å². The summed E-state index contributed by atoms with van der Waals surface area (Å²) in [5, 5.41) is 13.9. The predicted molar refractivity (Wildman–Crippen MR) is 93.6 cm³/mol. The normalized spacial score (nSPS) is 14.3. The lowest BCUT2D eigenvalue weighted by Gasteiger charge is -2.18. The zero-order valence-corrected chi connectivity index (χ0v) is 14.2. The SMILES string of the molecule is Cc1ccc(C(=O)OC(C(=O)NC2CC2)c2ccccc2)cc1[N+](=O)[O-]. The second-order valence-corrected chi connectivity index (χ2v) is 6.24. The number of nitro groups is 1. The second-order valence-electron chi connectivity index (χ2n) is 6.24. The van der Waals surface area contributed by atoms with E-state index in [-0.39, 0.29) is 17.3 Å². The highest BCUT2D eigenvalue weighted by Gasteiger charge is 2.31. The van der Waals surface area contributed by atoms with Gasteiger partial charge in [0.25, 0.3) is 11.6 Å². The molecule has 1 atom stereocenters. The number of nitrogens with one attached hydrogen (secondary N) is 1. The maximum absolute atomic E-state index is 12.5. The van der Waals surface area contributed by atoms with Gasteiger partial charge in [-0.25, -0.2) is 4.79 Å². The Morgan fingerprint density at radius 3 is 2.50 bits per heavy atom. The third-order valence-electron chi connectivity index (χ3n) is 4.13. The van der Waals surface area contributed by atoms with E-state index in [2.05, 4.69) is 5.32 Å². The Balaban J connectivity index is 1.84. The fourth-order valence-corrected chi connectivity index (χ4v) is 2.51. The molecule has 1 N–H and O–H groups in total. The number of rotatable bonds is 6. The van der Waals surface area contributed by atoms with Crippen LogP contribution in [0.5, 0.6) is 0 Å². The molecule has 7 nitrogen and oxygen atoms in total. The first kappa shape index (κ1) is 17.6. The van der Waals surface area contributed by atoms with Crippen LogP contribution >= 0.6 is 0 Å². The van der Waals surface area contributed by atoms with Crippen LogP contribution in [0.1, 0.15) is 40.4 Å². The summed E-state index contributed by atoms with van der Waals surface area (Å²) in [6, 6.07) is 12.9. The van der Waals surface area contributed by atoms with E-state index in [9.17, 15) is 19.7 Å². The molecule has 0 heterocycles. The number of carbonyl (C=O) groups excluding carboxylic acids is 2. The molecule has 134 valence electrons. The van der Waals surface area contributed by atoms with E-state index in [1.807, 2.05) is 0 Å². The molecule has 0 bridgehead atoms. The Hall–Kier alpha value is -3.22. The van der Waals surface area contributed by atoms with E-state index >= 15 is 0 Å². The van der Waals surface area contributed by atoms with Crippen LogP contribution in [0.3, 0.4) is 0 Å². The number of nitro benzene ring substituents is 1. The third-order valence-corrected chi connectivity index (χ3v) is 4.13. The molecule has 0 aliphatic heterocycles. The fourth-order valence-electron chi connectivity index (χ4n) is 2.51. The van der Waals surface area contributed by atoms with Crippen molar-refractivity contribution in [1.82, 2.24) is 5.32 Å². The molecule has 1 aliphatic rings. The number of carbonyl (C=O) groups is 2. The fraction of sp³-hybridized carbons (Fsp3) is 0.263. The molecule has 0 radical (unpaired) electrons. The minimum Gasteiger partial charge on any atom is -0.444 e. The Labute approximate surface area is 150 Å².